The highest BCUT2D eigenvalue weighted by Crippen LogP contribution is 2.57. The molecule has 0 atom stereocenters. The Bertz CT molecular complexity index is 626. The number of rotatable bonds is 6. The molecule has 4 heteroatoms. The number of ketones is 2. The van der Waals surface area contributed by atoms with Crippen molar-refractivity contribution in [1.29, 1.82) is 0 Å². The number of carbonyl (C=O) groups is 2. The zero-order chi connectivity index (χ0) is 17.4. The molecule has 0 aliphatic heterocycles. The lowest BCUT2D eigenvalue weighted by atomic mass is 9.52. The molecule has 0 aromatic carbocycles. The highest BCUT2D eigenvalue weighted by molar-refractivity contribution is 5.94. The molecule has 0 N–H and O–H groups in total. The Morgan fingerprint density at radius 3 is 2.29 bits per heavy atom. The van der Waals surface area contributed by atoms with Gasteiger partial charge in [0.05, 0.1) is 12.8 Å². The van der Waals surface area contributed by atoms with Crippen LogP contribution in [0.15, 0.2) is 18.5 Å². The number of aromatic nitrogens is 1. The van der Waals surface area contributed by atoms with Gasteiger partial charge in [-0.2, -0.15) is 0 Å². The van der Waals surface area contributed by atoms with E-state index >= 15 is 0 Å². The summed E-state index contributed by atoms with van der Waals surface area (Å²) in [4.78, 5) is 28.1. The number of fused-ring (bicyclic) bond motifs is 3. The van der Waals surface area contributed by atoms with E-state index < -0.39 is 0 Å². The fourth-order valence-electron chi connectivity index (χ4n) is 4.39. The van der Waals surface area contributed by atoms with Crippen molar-refractivity contribution in [1.82, 2.24) is 4.98 Å². The molecule has 0 spiro atoms. The van der Waals surface area contributed by atoms with Crippen LogP contribution in [0, 0.1) is 16.7 Å². The summed E-state index contributed by atoms with van der Waals surface area (Å²) in [7, 11) is 0. The lowest BCUT2D eigenvalue weighted by Gasteiger charge is -2.52. The minimum atomic E-state index is -0.0635. The van der Waals surface area contributed by atoms with Crippen molar-refractivity contribution in [3.05, 3.63) is 24.0 Å². The van der Waals surface area contributed by atoms with Gasteiger partial charge >= 0.3 is 0 Å². The number of pyridine rings is 1. The number of hydrogen-bond donors (Lipinski definition) is 0. The van der Waals surface area contributed by atoms with Crippen molar-refractivity contribution in [3.63, 3.8) is 0 Å². The number of carbonyl (C=O) groups excluding carboxylic acids is 2. The van der Waals surface area contributed by atoms with Crippen molar-refractivity contribution in [3.8, 4) is 5.75 Å². The monoisotopic (exact) mass is 329 g/mol. The second-order valence-corrected chi connectivity index (χ2v) is 8.05. The van der Waals surface area contributed by atoms with Gasteiger partial charge in [0.1, 0.15) is 11.5 Å². The molecule has 3 aliphatic carbocycles. The summed E-state index contributed by atoms with van der Waals surface area (Å²) in [5.41, 5.74) is 0.705. The van der Waals surface area contributed by atoms with Crippen LogP contribution in [0.3, 0.4) is 0 Å². The van der Waals surface area contributed by atoms with Gasteiger partial charge < -0.3 is 4.74 Å². The average Bonchev–Trinajstić information content (AvgIpc) is 2.61. The smallest absolute Gasteiger partial charge is 0.161 e. The quantitative estimate of drug-likeness (QED) is 0.733. The number of ether oxygens (including phenoxy) is 1. The van der Waals surface area contributed by atoms with Gasteiger partial charge in [0.25, 0.3) is 0 Å². The van der Waals surface area contributed by atoms with E-state index in [1.54, 1.807) is 18.5 Å². The van der Waals surface area contributed by atoms with Gasteiger partial charge in [0, 0.05) is 28.5 Å². The van der Waals surface area contributed by atoms with Crippen LogP contribution < -0.4 is 4.74 Å². The van der Waals surface area contributed by atoms with Crippen molar-refractivity contribution in [2.75, 3.05) is 6.61 Å². The summed E-state index contributed by atoms with van der Waals surface area (Å²) >= 11 is 0. The van der Waals surface area contributed by atoms with Crippen molar-refractivity contribution < 1.29 is 14.3 Å². The van der Waals surface area contributed by atoms with E-state index in [4.69, 9.17) is 4.74 Å². The van der Waals surface area contributed by atoms with Gasteiger partial charge in [0.15, 0.2) is 5.78 Å². The van der Waals surface area contributed by atoms with Gasteiger partial charge in [-0.3, -0.25) is 14.6 Å². The van der Waals surface area contributed by atoms with Gasteiger partial charge in [-0.05, 0) is 51.5 Å². The maximum atomic E-state index is 12.6. The zero-order valence-electron chi connectivity index (χ0n) is 14.9. The summed E-state index contributed by atoms with van der Waals surface area (Å²) < 4.78 is 6.00. The minimum Gasteiger partial charge on any atom is -0.491 e. The standard InChI is InChI=1S/C20H27NO3/c1-14(2)18(23)20-7-4-19(5-8-20,6-9-20)13-24-17-10-16(15(3)22)11-21-12-17/h10-12,14H,4-9,13H2,1-3H3. The highest BCUT2D eigenvalue weighted by Gasteiger charge is 2.52. The van der Waals surface area contributed by atoms with Crippen LogP contribution in [0.5, 0.6) is 5.75 Å². The molecule has 24 heavy (non-hydrogen) atoms. The molecule has 0 radical (unpaired) electrons. The van der Waals surface area contributed by atoms with E-state index in [1.807, 2.05) is 13.8 Å². The largest absolute Gasteiger partial charge is 0.491 e. The number of hydrogen-bond acceptors (Lipinski definition) is 4. The first kappa shape index (κ1) is 17.1. The first-order valence-corrected chi connectivity index (χ1v) is 8.99. The molecule has 130 valence electrons. The molecule has 4 rings (SSSR count). The number of Topliss-reactive ketones (excluding diaryl/α,β-unsaturated/α-hetero) is 2. The SMILES string of the molecule is CC(=O)c1cncc(OCC23CCC(C(=O)C(C)C)(CC2)CC3)c1. The van der Waals surface area contributed by atoms with Crippen LogP contribution in [0.4, 0.5) is 0 Å². The Morgan fingerprint density at radius 1 is 1.12 bits per heavy atom. The van der Waals surface area contributed by atoms with E-state index in [0.717, 1.165) is 38.5 Å². The van der Waals surface area contributed by atoms with Gasteiger partial charge in [-0.25, -0.2) is 0 Å². The third-order valence-corrected chi connectivity index (χ3v) is 6.11. The van der Waals surface area contributed by atoms with Crippen LogP contribution in [0.1, 0.15) is 69.7 Å². The predicted molar refractivity (Wildman–Crippen MR) is 92.1 cm³/mol. The molecule has 3 fully saturated rings. The fraction of sp³-hybridized carbons (Fsp3) is 0.650. The molecule has 0 amide bonds. The second-order valence-electron chi connectivity index (χ2n) is 8.05. The molecular weight excluding hydrogens is 302 g/mol. The summed E-state index contributed by atoms with van der Waals surface area (Å²) in [5.74, 6) is 1.25. The van der Waals surface area contributed by atoms with Gasteiger partial charge in [-0.15, -0.1) is 0 Å². The first-order valence-electron chi connectivity index (χ1n) is 8.99. The summed E-state index contributed by atoms with van der Waals surface area (Å²) in [6.45, 7) is 6.23. The first-order chi connectivity index (χ1) is 11.4. The van der Waals surface area contributed by atoms with E-state index in [-0.39, 0.29) is 22.5 Å². The van der Waals surface area contributed by atoms with Crippen molar-refractivity contribution in [2.45, 2.75) is 59.3 Å². The van der Waals surface area contributed by atoms with Crippen molar-refractivity contribution >= 4 is 11.6 Å². The third-order valence-electron chi connectivity index (χ3n) is 6.11. The molecule has 0 unspecified atom stereocenters. The average molecular weight is 329 g/mol. The molecule has 2 bridgehead atoms. The molecule has 3 saturated carbocycles. The van der Waals surface area contributed by atoms with Crippen LogP contribution in [-0.4, -0.2) is 23.2 Å². The molecule has 1 aromatic heterocycles. The summed E-state index contributed by atoms with van der Waals surface area (Å²) in [6, 6.07) is 1.77. The lowest BCUT2D eigenvalue weighted by molar-refractivity contribution is -0.142. The molecular formula is C20H27NO3. The second kappa shape index (κ2) is 6.30. The lowest BCUT2D eigenvalue weighted by Crippen LogP contribution is -2.49. The van der Waals surface area contributed by atoms with E-state index in [9.17, 15) is 9.59 Å². The molecule has 4 nitrogen and oxygen atoms in total. The molecule has 1 heterocycles. The maximum absolute atomic E-state index is 12.6. The van der Waals surface area contributed by atoms with E-state index in [0.29, 0.717) is 23.7 Å². The Balaban J connectivity index is 1.63. The van der Waals surface area contributed by atoms with Gasteiger partial charge in [0.2, 0.25) is 0 Å². The molecule has 1 aromatic rings. The Kier molecular flexibility index (Phi) is 4.50. The third kappa shape index (κ3) is 3.11. The Hall–Kier alpha value is -1.71. The van der Waals surface area contributed by atoms with E-state index in [2.05, 4.69) is 4.98 Å². The van der Waals surface area contributed by atoms with Crippen molar-refractivity contribution in [2.24, 2.45) is 16.7 Å². The molecule has 0 saturated heterocycles. The van der Waals surface area contributed by atoms with Crippen LogP contribution in [0.2, 0.25) is 0 Å². The van der Waals surface area contributed by atoms with E-state index in [1.165, 1.54) is 6.92 Å². The fourth-order valence-corrected chi connectivity index (χ4v) is 4.39. The highest BCUT2D eigenvalue weighted by atomic mass is 16.5. The topological polar surface area (TPSA) is 56.3 Å². The normalized spacial score (nSPS) is 28.8. The van der Waals surface area contributed by atoms with Crippen LogP contribution in [0.25, 0.3) is 0 Å². The van der Waals surface area contributed by atoms with Crippen LogP contribution >= 0.6 is 0 Å². The van der Waals surface area contributed by atoms with Gasteiger partial charge in [-0.1, -0.05) is 13.8 Å². The number of nitrogens with zero attached hydrogens (tertiary/aromatic N) is 1. The molecule has 3 aliphatic rings. The zero-order valence-corrected chi connectivity index (χ0v) is 14.9. The summed E-state index contributed by atoms with van der Waals surface area (Å²) in [5, 5.41) is 0. The Morgan fingerprint density at radius 2 is 1.75 bits per heavy atom. The Labute approximate surface area is 144 Å². The predicted octanol–water partition coefficient (Wildman–Crippen LogP) is 4.23. The summed E-state index contributed by atoms with van der Waals surface area (Å²) in [6.07, 6.45) is 9.42. The minimum absolute atomic E-state index is 0.00146. The maximum Gasteiger partial charge on any atom is 0.161 e. The van der Waals surface area contributed by atoms with Crippen LogP contribution in [-0.2, 0) is 4.79 Å².